The summed E-state index contributed by atoms with van der Waals surface area (Å²) in [7, 11) is 0. The number of nitrogens with two attached hydrogens (primary N) is 1. The summed E-state index contributed by atoms with van der Waals surface area (Å²) in [4.78, 5) is 13.5. The fourth-order valence-electron chi connectivity index (χ4n) is 1.71. The van der Waals surface area contributed by atoms with Crippen LogP contribution in [0.15, 0.2) is 0 Å². The number of aliphatic hydroxyl groups excluding tert-OH is 1. The Bertz CT molecular complexity index is 211. The molecule has 1 amide bonds. The van der Waals surface area contributed by atoms with Crippen molar-refractivity contribution in [2.45, 2.75) is 32.2 Å². The maximum Gasteiger partial charge on any atom is 0.224 e. The minimum absolute atomic E-state index is 0.105. The summed E-state index contributed by atoms with van der Waals surface area (Å²) in [6.07, 6.45) is 1.29. The minimum atomic E-state index is -0.436. The third-order valence-electron chi connectivity index (χ3n) is 2.50. The van der Waals surface area contributed by atoms with E-state index in [4.69, 9.17) is 10.8 Å². The number of nitrogens with zero attached hydrogens (tertiary/aromatic N) is 1. The van der Waals surface area contributed by atoms with Gasteiger partial charge in [-0.1, -0.05) is 0 Å². The number of amides is 1. The molecule has 0 aromatic carbocycles. The smallest absolute Gasteiger partial charge is 0.224 e. The summed E-state index contributed by atoms with van der Waals surface area (Å²) in [5.74, 6) is 0.369. The van der Waals surface area contributed by atoms with Crippen molar-refractivity contribution in [1.29, 1.82) is 0 Å². The first kappa shape index (κ1) is 11.5. The van der Waals surface area contributed by atoms with Gasteiger partial charge in [0.15, 0.2) is 0 Å². The Morgan fingerprint density at radius 3 is 2.71 bits per heavy atom. The maximum absolute atomic E-state index is 11.7. The molecule has 1 fully saturated rings. The fraction of sp³-hybridized carbons (Fsp3) is 0.900. The van der Waals surface area contributed by atoms with E-state index in [1.165, 1.54) is 0 Å². The number of likely N-dealkylation sites (tertiary alicyclic amines) is 1. The molecule has 0 aliphatic carbocycles. The highest BCUT2D eigenvalue weighted by atomic mass is 16.3. The van der Waals surface area contributed by atoms with E-state index < -0.39 is 5.54 Å². The number of hydrogen-bond donors (Lipinski definition) is 2. The zero-order chi connectivity index (χ0) is 10.8. The van der Waals surface area contributed by atoms with E-state index in [0.29, 0.717) is 13.0 Å². The van der Waals surface area contributed by atoms with Gasteiger partial charge >= 0.3 is 0 Å². The molecule has 1 aliphatic rings. The molecular weight excluding hydrogens is 180 g/mol. The van der Waals surface area contributed by atoms with Crippen LogP contribution in [0.5, 0.6) is 0 Å². The van der Waals surface area contributed by atoms with Gasteiger partial charge in [-0.05, 0) is 20.3 Å². The number of aliphatic hydroxyl groups is 1. The number of carbonyl (C=O) groups is 1. The zero-order valence-electron chi connectivity index (χ0n) is 8.99. The van der Waals surface area contributed by atoms with Gasteiger partial charge < -0.3 is 15.7 Å². The first-order valence-electron chi connectivity index (χ1n) is 5.10. The Balaban J connectivity index is 2.40. The van der Waals surface area contributed by atoms with Gasteiger partial charge in [-0.15, -0.1) is 0 Å². The molecule has 14 heavy (non-hydrogen) atoms. The monoisotopic (exact) mass is 200 g/mol. The van der Waals surface area contributed by atoms with Crippen LogP contribution in [0.1, 0.15) is 26.7 Å². The SMILES string of the molecule is CC(C)(N)CC(=O)N1CCC(CO)C1. The van der Waals surface area contributed by atoms with Crippen LogP contribution in [-0.4, -0.2) is 41.1 Å². The largest absolute Gasteiger partial charge is 0.396 e. The van der Waals surface area contributed by atoms with Crippen LogP contribution in [0.25, 0.3) is 0 Å². The average Bonchev–Trinajstić information content (AvgIpc) is 2.48. The van der Waals surface area contributed by atoms with Crippen molar-refractivity contribution >= 4 is 5.91 Å². The van der Waals surface area contributed by atoms with Gasteiger partial charge in [0.2, 0.25) is 5.91 Å². The Labute approximate surface area is 85.1 Å². The van der Waals surface area contributed by atoms with Crippen molar-refractivity contribution in [3.8, 4) is 0 Å². The average molecular weight is 200 g/mol. The zero-order valence-corrected chi connectivity index (χ0v) is 8.99. The molecule has 1 aliphatic heterocycles. The first-order valence-corrected chi connectivity index (χ1v) is 5.10. The van der Waals surface area contributed by atoms with E-state index >= 15 is 0 Å². The summed E-state index contributed by atoms with van der Waals surface area (Å²) in [6, 6.07) is 0. The molecule has 0 aromatic heterocycles. The molecule has 1 unspecified atom stereocenters. The van der Waals surface area contributed by atoms with Crippen LogP contribution in [0.2, 0.25) is 0 Å². The lowest BCUT2D eigenvalue weighted by molar-refractivity contribution is -0.131. The van der Waals surface area contributed by atoms with Crippen molar-refractivity contribution in [2.75, 3.05) is 19.7 Å². The quantitative estimate of drug-likeness (QED) is 0.671. The van der Waals surface area contributed by atoms with Crippen molar-refractivity contribution in [2.24, 2.45) is 11.7 Å². The predicted octanol–water partition coefficient (Wildman–Crippen LogP) is -0.0454. The van der Waals surface area contributed by atoms with Gasteiger partial charge in [-0.2, -0.15) is 0 Å². The third-order valence-corrected chi connectivity index (χ3v) is 2.50. The van der Waals surface area contributed by atoms with Gasteiger partial charge in [0.05, 0.1) is 0 Å². The van der Waals surface area contributed by atoms with Crippen LogP contribution in [0.3, 0.4) is 0 Å². The molecule has 82 valence electrons. The molecule has 4 nitrogen and oxygen atoms in total. The van der Waals surface area contributed by atoms with Gasteiger partial charge in [-0.3, -0.25) is 4.79 Å². The van der Waals surface area contributed by atoms with Crippen LogP contribution in [-0.2, 0) is 4.79 Å². The topological polar surface area (TPSA) is 66.6 Å². The summed E-state index contributed by atoms with van der Waals surface area (Å²) >= 11 is 0. The van der Waals surface area contributed by atoms with Crippen LogP contribution >= 0.6 is 0 Å². The normalized spacial score (nSPS) is 22.9. The molecule has 1 saturated heterocycles. The standard InChI is InChI=1S/C10H20N2O2/c1-10(2,11)5-9(14)12-4-3-8(6-12)7-13/h8,13H,3-7,11H2,1-2H3. The molecule has 0 bridgehead atoms. The van der Waals surface area contributed by atoms with Gasteiger partial charge in [-0.25, -0.2) is 0 Å². The molecule has 4 heteroatoms. The van der Waals surface area contributed by atoms with E-state index in [2.05, 4.69) is 0 Å². The van der Waals surface area contributed by atoms with Crippen molar-refractivity contribution in [3.05, 3.63) is 0 Å². The van der Waals surface area contributed by atoms with Crippen LogP contribution < -0.4 is 5.73 Å². The Morgan fingerprint density at radius 1 is 1.64 bits per heavy atom. The summed E-state index contributed by atoms with van der Waals surface area (Å²) < 4.78 is 0. The van der Waals surface area contributed by atoms with Crippen LogP contribution in [0.4, 0.5) is 0 Å². The maximum atomic E-state index is 11.7. The second kappa shape index (κ2) is 4.28. The Hall–Kier alpha value is -0.610. The van der Waals surface area contributed by atoms with E-state index in [0.717, 1.165) is 13.0 Å². The second-order valence-electron chi connectivity index (χ2n) is 4.84. The second-order valence-corrected chi connectivity index (χ2v) is 4.84. The molecule has 0 spiro atoms. The molecule has 0 radical (unpaired) electrons. The molecule has 0 aromatic rings. The molecule has 1 rings (SSSR count). The van der Waals surface area contributed by atoms with E-state index in [9.17, 15) is 4.79 Å². The summed E-state index contributed by atoms with van der Waals surface area (Å²) in [5.41, 5.74) is 5.34. The number of hydrogen-bond acceptors (Lipinski definition) is 3. The van der Waals surface area contributed by atoms with E-state index in [-0.39, 0.29) is 18.4 Å². The highest BCUT2D eigenvalue weighted by molar-refractivity contribution is 5.77. The lowest BCUT2D eigenvalue weighted by atomic mass is 10.0. The summed E-state index contributed by atoms with van der Waals surface area (Å²) in [6.45, 7) is 5.33. The number of carbonyl (C=O) groups excluding carboxylic acids is 1. The van der Waals surface area contributed by atoms with E-state index in [1.807, 2.05) is 13.8 Å². The molecule has 0 saturated carbocycles. The molecule has 3 N–H and O–H groups in total. The lowest BCUT2D eigenvalue weighted by Crippen LogP contribution is -2.40. The summed E-state index contributed by atoms with van der Waals surface area (Å²) in [5, 5.41) is 8.94. The third kappa shape index (κ3) is 3.27. The fourth-order valence-corrected chi connectivity index (χ4v) is 1.71. The van der Waals surface area contributed by atoms with Crippen LogP contribution in [0, 0.1) is 5.92 Å². The molecular formula is C10H20N2O2. The Kier molecular flexibility index (Phi) is 3.50. The first-order chi connectivity index (χ1) is 6.42. The predicted molar refractivity (Wildman–Crippen MR) is 54.7 cm³/mol. The Morgan fingerprint density at radius 2 is 2.29 bits per heavy atom. The highest BCUT2D eigenvalue weighted by Crippen LogP contribution is 2.18. The minimum Gasteiger partial charge on any atom is -0.396 e. The van der Waals surface area contributed by atoms with E-state index in [1.54, 1.807) is 4.90 Å². The van der Waals surface area contributed by atoms with Crippen molar-refractivity contribution in [1.82, 2.24) is 4.90 Å². The molecule has 1 atom stereocenters. The van der Waals surface area contributed by atoms with Gasteiger partial charge in [0.25, 0.3) is 0 Å². The molecule has 1 heterocycles. The van der Waals surface area contributed by atoms with Crippen molar-refractivity contribution < 1.29 is 9.90 Å². The highest BCUT2D eigenvalue weighted by Gasteiger charge is 2.28. The van der Waals surface area contributed by atoms with Gasteiger partial charge in [0.1, 0.15) is 0 Å². The van der Waals surface area contributed by atoms with Crippen molar-refractivity contribution in [3.63, 3.8) is 0 Å². The number of rotatable bonds is 3. The van der Waals surface area contributed by atoms with Gasteiger partial charge in [0, 0.05) is 37.6 Å². The lowest BCUT2D eigenvalue weighted by Gasteiger charge is -2.22.